The molecule has 0 bridgehead atoms. The summed E-state index contributed by atoms with van der Waals surface area (Å²) < 4.78 is 44.5. The molecule has 4 heterocycles. The number of hydrogen-bond donors (Lipinski definition) is 1. The third-order valence-electron chi connectivity index (χ3n) is 6.50. The Hall–Kier alpha value is -3.38. The zero-order valence-corrected chi connectivity index (χ0v) is 21.5. The average Bonchev–Trinajstić information content (AvgIpc) is 3.57. The van der Waals surface area contributed by atoms with Gasteiger partial charge in [0.2, 0.25) is 5.88 Å². The van der Waals surface area contributed by atoms with Crippen LogP contribution in [0.3, 0.4) is 0 Å². The number of carbonyl (C=O) groups is 1. The van der Waals surface area contributed by atoms with Gasteiger partial charge < -0.3 is 20.2 Å². The zero-order valence-electron chi connectivity index (χ0n) is 19.9. The molecule has 13 heteroatoms. The van der Waals surface area contributed by atoms with Gasteiger partial charge in [0.15, 0.2) is 12.7 Å². The number of likely N-dealkylation sites (tertiary alicyclic amines) is 1. The van der Waals surface area contributed by atoms with Crippen molar-refractivity contribution in [2.75, 3.05) is 25.4 Å². The minimum absolute atomic E-state index is 0.157. The number of ether oxygens (including phenoxy) is 1. The van der Waals surface area contributed by atoms with Gasteiger partial charge in [-0.3, -0.25) is 4.79 Å². The first-order chi connectivity index (χ1) is 18.2. The first kappa shape index (κ1) is 26.2. The maximum atomic E-state index is 13.1. The molecule has 200 valence electrons. The van der Waals surface area contributed by atoms with Gasteiger partial charge in [-0.2, -0.15) is 13.2 Å². The number of alkyl halides is 3. The Bertz CT molecular complexity index is 1340. The van der Waals surface area contributed by atoms with Crippen molar-refractivity contribution in [1.29, 1.82) is 0 Å². The minimum Gasteiger partial charge on any atom is -0.467 e. The molecule has 0 radical (unpaired) electrons. The van der Waals surface area contributed by atoms with Gasteiger partial charge in [-0.1, -0.05) is 22.8 Å². The molecule has 1 fully saturated rings. The highest BCUT2D eigenvalue weighted by Crippen LogP contribution is 2.38. The van der Waals surface area contributed by atoms with E-state index in [1.165, 1.54) is 23.6 Å². The van der Waals surface area contributed by atoms with Crippen LogP contribution in [0.2, 0.25) is 5.02 Å². The Morgan fingerprint density at radius 1 is 1.24 bits per heavy atom. The van der Waals surface area contributed by atoms with Crippen molar-refractivity contribution in [2.24, 2.45) is 5.16 Å². The lowest BCUT2D eigenvalue weighted by atomic mass is 9.97. The number of oxime groups is 1. The highest BCUT2D eigenvalue weighted by Gasteiger charge is 2.36. The molecule has 1 saturated heterocycles. The van der Waals surface area contributed by atoms with Crippen LogP contribution >= 0.6 is 22.9 Å². The van der Waals surface area contributed by atoms with E-state index in [0.717, 1.165) is 16.8 Å². The molecule has 38 heavy (non-hydrogen) atoms. The van der Waals surface area contributed by atoms with Crippen LogP contribution in [0.5, 0.6) is 5.88 Å². The van der Waals surface area contributed by atoms with E-state index in [2.05, 4.69) is 10.1 Å². The summed E-state index contributed by atoms with van der Waals surface area (Å²) in [5, 5.41) is 7.61. The molecule has 1 aromatic carbocycles. The second-order valence-corrected chi connectivity index (χ2v) is 10.2. The number of anilines is 1. The normalized spacial score (nSPS) is 18.3. The fraction of sp³-hybridized carbons (Fsp3) is 0.360. The first-order valence-corrected chi connectivity index (χ1v) is 13.1. The van der Waals surface area contributed by atoms with E-state index < -0.39 is 24.2 Å². The summed E-state index contributed by atoms with van der Waals surface area (Å²) in [6.45, 7) is 0.394. The van der Waals surface area contributed by atoms with Gasteiger partial charge in [0.25, 0.3) is 5.91 Å². The number of rotatable bonds is 6. The molecule has 2 N–H and O–H groups in total. The third-order valence-corrected chi connectivity index (χ3v) is 7.84. The molecule has 0 saturated carbocycles. The number of piperidine rings is 1. The van der Waals surface area contributed by atoms with Crippen LogP contribution in [-0.4, -0.2) is 46.2 Å². The Kier molecular flexibility index (Phi) is 7.44. The van der Waals surface area contributed by atoms with Crippen molar-refractivity contribution in [2.45, 2.75) is 37.5 Å². The second kappa shape index (κ2) is 10.8. The average molecular weight is 566 g/mol. The Morgan fingerprint density at radius 3 is 2.76 bits per heavy atom. The standard InChI is InChI=1S/C25H23ClF3N5O3S/c26-16-4-1-5-17(30)22(16)20-11-18(33-37-20)19-13-38-24(32-19)14-6-9-34(10-7-14)21(35)12-36-23-15(25(27,28)29)3-2-8-31-23/h1-5,8,13-14,20H,6-7,9-12,30H2. The summed E-state index contributed by atoms with van der Waals surface area (Å²) in [5.74, 6) is -0.828. The number of carbonyl (C=O) groups excluding carboxylic acids is 1. The molecule has 2 aliphatic rings. The maximum Gasteiger partial charge on any atom is 0.421 e. The van der Waals surface area contributed by atoms with E-state index in [0.29, 0.717) is 54.3 Å². The topological polar surface area (TPSA) is 103 Å². The summed E-state index contributed by atoms with van der Waals surface area (Å²) in [4.78, 5) is 28.2. The molecular weight excluding hydrogens is 543 g/mol. The molecule has 5 rings (SSSR count). The molecule has 3 aromatic rings. The number of pyridine rings is 1. The quantitative estimate of drug-likeness (QED) is 0.399. The van der Waals surface area contributed by atoms with E-state index in [9.17, 15) is 18.0 Å². The molecule has 1 atom stereocenters. The van der Waals surface area contributed by atoms with E-state index in [-0.39, 0.29) is 17.9 Å². The van der Waals surface area contributed by atoms with Crippen molar-refractivity contribution in [1.82, 2.24) is 14.9 Å². The highest BCUT2D eigenvalue weighted by molar-refractivity contribution is 7.10. The van der Waals surface area contributed by atoms with Crippen LogP contribution in [0, 0.1) is 0 Å². The van der Waals surface area contributed by atoms with Crippen molar-refractivity contribution >= 4 is 40.2 Å². The highest BCUT2D eigenvalue weighted by atomic mass is 35.5. The number of nitrogens with two attached hydrogens (primary N) is 1. The van der Waals surface area contributed by atoms with E-state index in [1.54, 1.807) is 23.1 Å². The number of nitrogen functional groups attached to an aromatic ring is 1. The van der Waals surface area contributed by atoms with E-state index in [1.807, 2.05) is 5.38 Å². The van der Waals surface area contributed by atoms with E-state index in [4.69, 9.17) is 31.9 Å². The van der Waals surface area contributed by atoms with Crippen molar-refractivity contribution in [3.05, 3.63) is 68.8 Å². The lowest BCUT2D eigenvalue weighted by Gasteiger charge is -2.31. The summed E-state index contributed by atoms with van der Waals surface area (Å²) >= 11 is 7.84. The number of hydrogen-bond acceptors (Lipinski definition) is 8. The SMILES string of the molecule is Nc1cccc(Cl)c1C1CC(c2csc(C3CCN(C(=O)COc4ncccc4C(F)(F)F)CC3)n2)=NO1. The minimum atomic E-state index is -4.61. The van der Waals surface area contributed by atoms with Crippen LogP contribution in [0.15, 0.2) is 47.1 Å². The molecule has 2 aromatic heterocycles. The van der Waals surface area contributed by atoms with Gasteiger partial charge in [-0.25, -0.2) is 9.97 Å². The van der Waals surface area contributed by atoms with Crippen LogP contribution in [0.25, 0.3) is 0 Å². The van der Waals surface area contributed by atoms with Gasteiger partial charge in [0.1, 0.15) is 11.3 Å². The summed E-state index contributed by atoms with van der Waals surface area (Å²) in [6, 6.07) is 7.35. The van der Waals surface area contributed by atoms with Crippen molar-refractivity contribution in [3.63, 3.8) is 0 Å². The molecule has 1 amide bonds. The summed E-state index contributed by atoms with van der Waals surface area (Å²) in [5.41, 5.74) is 7.78. The smallest absolute Gasteiger partial charge is 0.421 e. The molecule has 0 aliphatic carbocycles. The maximum absolute atomic E-state index is 13.1. The molecule has 0 spiro atoms. The van der Waals surface area contributed by atoms with Crippen LogP contribution in [0.1, 0.15) is 53.1 Å². The first-order valence-electron chi connectivity index (χ1n) is 11.9. The fourth-order valence-electron chi connectivity index (χ4n) is 4.50. The summed E-state index contributed by atoms with van der Waals surface area (Å²) in [6.07, 6.45) is -1.94. The summed E-state index contributed by atoms with van der Waals surface area (Å²) in [7, 11) is 0. The van der Waals surface area contributed by atoms with Gasteiger partial charge >= 0.3 is 6.18 Å². The molecule has 8 nitrogen and oxygen atoms in total. The lowest BCUT2D eigenvalue weighted by molar-refractivity contribution is -0.141. The van der Waals surface area contributed by atoms with Crippen LogP contribution < -0.4 is 10.5 Å². The van der Waals surface area contributed by atoms with Crippen molar-refractivity contribution < 1.29 is 27.5 Å². The predicted octanol–water partition coefficient (Wildman–Crippen LogP) is 5.44. The Balaban J connectivity index is 1.14. The van der Waals surface area contributed by atoms with E-state index >= 15 is 0 Å². The number of amides is 1. The van der Waals surface area contributed by atoms with Gasteiger partial charge in [-0.05, 0) is 37.1 Å². The number of aromatic nitrogens is 2. The van der Waals surface area contributed by atoms with Crippen molar-refractivity contribution in [3.8, 4) is 5.88 Å². The van der Waals surface area contributed by atoms with Gasteiger partial charge in [0.05, 0.1) is 10.7 Å². The number of nitrogens with zero attached hydrogens (tertiary/aromatic N) is 4. The molecule has 1 unspecified atom stereocenters. The number of benzene rings is 1. The largest absolute Gasteiger partial charge is 0.467 e. The predicted molar refractivity (Wildman–Crippen MR) is 136 cm³/mol. The lowest BCUT2D eigenvalue weighted by Crippen LogP contribution is -2.40. The zero-order chi connectivity index (χ0) is 26.9. The van der Waals surface area contributed by atoms with Gasteiger partial charge in [-0.15, -0.1) is 11.3 Å². The molecular formula is C25H23ClF3N5O3S. The molecule has 2 aliphatic heterocycles. The number of halogens is 4. The number of thiazole rings is 1. The van der Waals surface area contributed by atoms with Gasteiger partial charge in [0, 0.05) is 53.3 Å². The van der Waals surface area contributed by atoms with Crippen LogP contribution in [-0.2, 0) is 15.8 Å². The third kappa shape index (κ3) is 5.56. The monoisotopic (exact) mass is 565 g/mol. The Morgan fingerprint density at radius 2 is 2.03 bits per heavy atom. The second-order valence-electron chi connectivity index (χ2n) is 8.95. The fourth-order valence-corrected chi connectivity index (χ4v) is 5.81. The Labute approximate surface area is 225 Å². The van der Waals surface area contributed by atoms with Crippen LogP contribution in [0.4, 0.5) is 18.9 Å².